The summed E-state index contributed by atoms with van der Waals surface area (Å²) in [6.45, 7) is 13.2. The van der Waals surface area contributed by atoms with Gasteiger partial charge in [-0.25, -0.2) is 0 Å². The number of nitrogens with zero attached hydrogens (tertiary/aromatic N) is 2. The van der Waals surface area contributed by atoms with Crippen molar-refractivity contribution in [2.75, 3.05) is 0 Å². The number of hydrogen-bond acceptors (Lipinski definition) is 1. The van der Waals surface area contributed by atoms with E-state index in [4.69, 9.17) is 5.10 Å². The van der Waals surface area contributed by atoms with Gasteiger partial charge in [0, 0.05) is 37.7 Å². The van der Waals surface area contributed by atoms with E-state index in [9.17, 15) is 0 Å². The standard InChI is InChI=1S/C18H26N2.Pd/c1-7-15-18(16(8-2)20(19-15)12(3)4)17-13(5)10-9-11-14(17)6;/h9-12H,7-8H2,1-6H3;. The van der Waals surface area contributed by atoms with Gasteiger partial charge in [0.05, 0.1) is 5.69 Å². The van der Waals surface area contributed by atoms with Gasteiger partial charge in [0.2, 0.25) is 0 Å². The molecule has 0 fully saturated rings. The average molecular weight is 377 g/mol. The van der Waals surface area contributed by atoms with E-state index in [-0.39, 0.29) is 20.4 Å². The minimum atomic E-state index is 0. The zero-order chi connectivity index (χ0) is 14.9. The molecule has 3 heteroatoms. The summed E-state index contributed by atoms with van der Waals surface area (Å²) in [5, 5.41) is 4.87. The van der Waals surface area contributed by atoms with Crippen LogP contribution in [0.25, 0.3) is 11.1 Å². The largest absolute Gasteiger partial charge is 0.266 e. The normalized spacial score (nSPS) is 10.8. The van der Waals surface area contributed by atoms with Crippen molar-refractivity contribution >= 4 is 0 Å². The predicted octanol–water partition coefficient (Wildman–Crippen LogP) is 4.87. The fraction of sp³-hybridized carbons (Fsp3) is 0.500. The van der Waals surface area contributed by atoms with Crippen LogP contribution in [-0.2, 0) is 33.3 Å². The third-order valence-corrected chi connectivity index (χ3v) is 3.97. The van der Waals surface area contributed by atoms with Crippen molar-refractivity contribution < 1.29 is 20.4 Å². The molecule has 0 saturated heterocycles. The molecule has 1 aromatic heterocycles. The maximum absolute atomic E-state index is 4.87. The molecule has 0 bridgehead atoms. The summed E-state index contributed by atoms with van der Waals surface area (Å²) < 4.78 is 2.21. The Morgan fingerprint density at radius 2 is 1.57 bits per heavy atom. The fourth-order valence-electron chi connectivity index (χ4n) is 3.03. The Bertz CT molecular complexity index is 592. The first-order valence-electron chi connectivity index (χ1n) is 7.68. The Hall–Kier alpha value is -0.908. The molecule has 0 unspecified atom stereocenters. The second-order valence-corrected chi connectivity index (χ2v) is 5.78. The van der Waals surface area contributed by atoms with Crippen LogP contribution in [0, 0.1) is 13.8 Å². The van der Waals surface area contributed by atoms with E-state index in [1.165, 1.54) is 33.6 Å². The molecule has 118 valence electrons. The molecule has 1 heterocycles. The van der Waals surface area contributed by atoms with Gasteiger partial charge < -0.3 is 0 Å². The maximum Gasteiger partial charge on any atom is 0.0703 e. The second kappa shape index (κ2) is 7.38. The van der Waals surface area contributed by atoms with E-state index in [1.54, 1.807) is 0 Å². The Balaban J connectivity index is 0.00000220. The van der Waals surface area contributed by atoms with Crippen LogP contribution in [0.3, 0.4) is 0 Å². The number of benzene rings is 1. The van der Waals surface area contributed by atoms with Crippen molar-refractivity contribution in [3.63, 3.8) is 0 Å². The van der Waals surface area contributed by atoms with Crippen LogP contribution in [-0.4, -0.2) is 9.78 Å². The topological polar surface area (TPSA) is 17.8 Å². The first-order chi connectivity index (χ1) is 9.51. The van der Waals surface area contributed by atoms with Crippen LogP contribution in [0.1, 0.15) is 56.3 Å². The molecular weight excluding hydrogens is 351 g/mol. The zero-order valence-corrected chi connectivity index (χ0v) is 15.5. The minimum Gasteiger partial charge on any atom is -0.266 e. The zero-order valence-electron chi connectivity index (χ0n) is 13.9. The predicted molar refractivity (Wildman–Crippen MR) is 86.3 cm³/mol. The summed E-state index contributed by atoms with van der Waals surface area (Å²) in [4.78, 5) is 0. The SMILES string of the molecule is CCc1nn(C(C)C)c(CC)c1-c1c(C)cccc1C.[Pd]. The summed E-state index contributed by atoms with van der Waals surface area (Å²) in [6.07, 6.45) is 2.00. The molecule has 21 heavy (non-hydrogen) atoms. The third kappa shape index (κ3) is 3.30. The Kier molecular flexibility index (Phi) is 6.38. The molecule has 0 aliphatic heterocycles. The van der Waals surface area contributed by atoms with Gasteiger partial charge in [-0.3, -0.25) is 4.68 Å². The molecule has 0 aliphatic carbocycles. The Labute approximate surface area is 142 Å². The van der Waals surface area contributed by atoms with Gasteiger partial charge in [0.1, 0.15) is 0 Å². The fourth-order valence-corrected chi connectivity index (χ4v) is 3.03. The average Bonchev–Trinajstić information content (AvgIpc) is 2.77. The summed E-state index contributed by atoms with van der Waals surface area (Å²) in [5.74, 6) is 0. The van der Waals surface area contributed by atoms with E-state index in [0.29, 0.717) is 6.04 Å². The monoisotopic (exact) mass is 376 g/mol. The van der Waals surface area contributed by atoms with Gasteiger partial charge in [-0.2, -0.15) is 5.10 Å². The van der Waals surface area contributed by atoms with Crippen LogP contribution in [0.4, 0.5) is 0 Å². The van der Waals surface area contributed by atoms with Gasteiger partial charge in [0.15, 0.2) is 0 Å². The molecule has 1 aromatic carbocycles. The Morgan fingerprint density at radius 1 is 1.00 bits per heavy atom. The van der Waals surface area contributed by atoms with Crippen LogP contribution < -0.4 is 0 Å². The van der Waals surface area contributed by atoms with Crippen LogP contribution in [0.15, 0.2) is 18.2 Å². The first-order valence-corrected chi connectivity index (χ1v) is 7.68. The number of rotatable bonds is 4. The van der Waals surface area contributed by atoms with Gasteiger partial charge >= 0.3 is 0 Å². The van der Waals surface area contributed by atoms with Crippen LogP contribution in [0.2, 0.25) is 0 Å². The van der Waals surface area contributed by atoms with E-state index in [2.05, 4.69) is 64.4 Å². The van der Waals surface area contributed by atoms with Crippen LogP contribution >= 0.6 is 0 Å². The molecule has 0 N–H and O–H groups in total. The first kappa shape index (κ1) is 18.1. The molecule has 2 rings (SSSR count). The van der Waals surface area contributed by atoms with Gasteiger partial charge in [-0.1, -0.05) is 32.0 Å². The molecular formula is C18H26N2Pd. The molecule has 0 atom stereocenters. The van der Waals surface area contributed by atoms with Gasteiger partial charge in [-0.05, 0) is 57.2 Å². The quantitative estimate of drug-likeness (QED) is 0.696. The van der Waals surface area contributed by atoms with Crippen molar-refractivity contribution in [1.29, 1.82) is 0 Å². The summed E-state index contributed by atoms with van der Waals surface area (Å²) >= 11 is 0. The minimum absolute atomic E-state index is 0. The molecule has 2 nitrogen and oxygen atoms in total. The van der Waals surface area contributed by atoms with Crippen molar-refractivity contribution in [2.24, 2.45) is 0 Å². The van der Waals surface area contributed by atoms with E-state index >= 15 is 0 Å². The van der Waals surface area contributed by atoms with Gasteiger partial charge in [0.25, 0.3) is 0 Å². The molecule has 0 spiro atoms. The van der Waals surface area contributed by atoms with E-state index in [0.717, 1.165) is 12.8 Å². The van der Waals surface area contributed by atoms with E-state index < -0.39 is 0 Å². The van der Waals surface area contributed by atoms with Gasteiger partial charge in [-0.15, -0.1) is 0 Å². The molecule has 0 amide bonds. The third-order valence-electron chi connectivity index (χ3n) is 3.97. The molecule has 0 aliphatic rings. The smallest absolute Gasteiger partial charge is 0.0703 e. The molecule has 0 radical (unpaired) electrons. The van der Waals surface area contributed by atoms with Crippen molar-refractivity contribution in [3.05, 3.63) is 40.7 Å². The number of aromatic nitrogens is 2. The maximum atomic E-state index is 4.87. The summed E-state index contributed by atoms with van der Waals surface area (Å²) in [6, 6.07) is 6.95. The molecule has 2 aromatic rings. The summed E-state index contributed by atoms with van der Waals surface area (Å²) in [5.41, 5.74) is 8.05. The Morgan fingerprint density at radius 3 is 2.00 bits per heavy atom. The molecule has 0 saturated carbocycles. The number of hydrogen-bond donors (Lipinski definition) is 0. The van der Waals surface area contributed by atoms with E-state index in [1.807, 2.05) is 0 Å². The number of aryl methyl sites for hydroxylation is 3. The van der Waals surface area contributed by atoms with Crippen LogP contribution in [0.5, 0.6) is 0 Å². The second-order valence-electron chi connectivity index (χ2n) is 5.78. The van der Waals surface area contributed by atoms with Crippen molar-refractivity contribution in [3.8, 4) is 11.1 Å². The van der Waals surface area contributed by atoms with Crippen molar-refractivity contribution in [1.82, 2.24) is 9.78 Å². The summed E-state index contributed by atoms with van der Waals surface area (Å²) in [7, 11) is 0. The van der Waals surface area contributed by atoms with Crippen molar-refractivity contribution in [2.45, 2.75) is 60.4 Å².